The van der Waals surface area contributed by atoms with E-state index in [1.807, 2.05) is 30.3 Å². The topological polar surface area (TPSA) is 63.8 Å². The van der Waals surface area contributed by atoms with Crippen molar-refractivity contribution < 1.29 is 0 Å². The lowest BCUT2D eigenvalue weighted by molar-refractivity contribution is 0.563. The van der Waals surface area contributed by atoms with Crippen LogP contribution in [0, 0.1) is 0 Å². The van der Waals surface area contributed by atoms with Gasteiger partial charge in [0, 0.05) is 25.0 Å². The van der Waals surface area contributed by atoms with Crippen molar-refractivity contribution >= 4 is 0 Å². The average molecular weight is 203 g/mol. The van der Waals surface area contributed by atoms with Crippen molar-refractivity contribution in [3.63, 3.8) is 0 Å². The monoisotopic (exact) mass is 203 g/mol. The molecule has 1 atom stereocenters. The largest absolute Gasteiger partial charge is 0.325 e. The molecule has 0 fully saturated rings. The molecule has 1 heterocycles. The van der Waals surface area contributed by atoms with E-state index in [9.17, 15) is 4.79 Å². The zero-order chi connectivity index (χ0) is 10.7. The SMILES string of the molecule is NC(Cn1cc[nH]c1=O)c1ccccc1. The predicted octanol–water partition coefficient (Wildman–Crippen LogP) is 0.876. The summed E-state index contributed by atoms with van der Waals surface area (Å²) < 4.78 is 1.57. The minimum atomic E-state index is -0.153. The van der Waals surface area contributed by atoms with Crippen LogP contribution in [0.25, 0.3) is 0 Å². The van der Waals surface area contributed by atoms with Crippen molar-refractivity contribution in [2.45, 2.75) is 12.6 Å². The van der Waals surface area contributed by atoms with E-state index in [0.717, 1.165) is 5.56 Å². The first-order valence-corrected chi connectivity index (χ1v) is 4.82. The van der Waals surface area contributed by atoms with Gasteiger partial charge < -0.3 is 10.7 Å². The van der Waals surface area contributed by atoms with Crippen molar-refractivity contribution in [3.05, 3.63) is 58.8 Å². The van der Waals surface area contributed by atoms with Gasteiger partial charge in [0.05, 0.1) is 0 Å². The van der Waals surface area contributed by atoms with Gasteiger partial charge in [0.25, 0.3) is 0 Å². The number of H-pyrrole nitrogens is 1. The molecule has 78 valence electrons. The van der Waals surface area contributed by atoms with Gasteiger partial charge in [0.2, 0.25) is 0 Å². The summed E-state index contributed by atoms with van der Waals surface area (Å²) in [5.41, 5.74) is 6.89. The van der Waals surface area contributed by atoms with Crippen LogP contribution in [0.15, 0.2) is 47.5 Å². The molecule has 0 saturated heterocycles. The van der Waals surface area contributed by atoms with Gasteiger partial charge in [0.15, 0.2) is 0 Å². The predicted molar refractivity (Wildman–Crippen MR) is 58.4 cm³/mol. The lowest BCUT2D eigenvalue weighted by Crippen LogP contribution is -2.24. The van der Waals surface area contributed by atoms with Crippen molar-refractivity contribution in [1.82, 2.24) is 9.55 Å². The normalized spacial score (nSPS) is 12.6. The molecule has 2 aromatic rings. The van der Waals surface area contributed by atoms with Crippen LogP contribution >= 0.6 is 0 Å². The molecular formula is C11H13N3O. The highest BCUT2D eigenvalue weighted by atomic mass is 16.1. The Balaban J connectivity index is 2.14. The lowest BCUT2D eigenvalue weighted by Gasteiger charge is -2.11. The Labute approximate surface area is 87.4 Å². The molecular weight excluding hydrogens is 190 g/mol. The molecule has 2 rings (SSSR count). The minimum absolute atomic E-state index is 0.124. The second-order valence-corrected chi connectivity index (χ2v) is 3.43. The van der Waals surface area contributed by atoms with E-state index in [1.54, 1.807) is 17.0 Å². The number of nitrogens with zero attached hydrogens (tertiary/aromatic N) is 1. The first kappa shape index (κ1) is 9.73. The summed E-state index contributed by atoms with van der Waals surface area (Å²) in [6, 6.07) is 9.59. The number of aromatic amines is 1. The Morgan fingerprint density at radius 1 is 1.33 bits per heavy atom. The average Bonchev–Trinajstić information content (AvgIpc) is 2.66. The standard InChI is InChI=1S/C11H13N3O/c12-10(9-4-2-1-3-5-9)8-14-7-6-13-11(14)15/h1-7,10H,8,12H2,(H,13,15). The number of hydrogen-bond donors (Lipinski definition) is 2. The van der Waals surface area contributed by atoms with Crippen molar-refractivity contribution in [2.75, 3.05) is 0 Å². The van der Waals surface area contributed by atoms with Gasteiger partial charge in [-0.2, -0.15) is 0 Å². The highest BCUT2D eigenvalue weighted by molar-refractivity contribution is 5.18. The summed E-state index contributed by atoms with van der Waals surface area (Å²) in [5.74, 6) is 0. The quantitative estimate of drug-likeness (QED) is 0.777. The second-order valence-electron chi connectivity index (χ2n) is 3.43. The molecule has 0 spiro atoms. The lowest BCUT2D eigenvalue weighted by atomic mass is 10.1. The fraction of sp³-hybridized carbons (Fsp3) is 0.182. The maximum atomic E-state index is 11.2. The third kappa shape index (κ3) is 2.16. The molecule has 1 aromatic heterocycles. The van der Waals surface area contributed by atoms with Gasteiger partial charge in [0.1, 0.15) is 0 Å². The van der Waals surface area contributed by atoms with Gasteiger partial charge in [-0.25, -0.2) is 4.79 Å². The third-order valence-corrected chi connectivity index (χ3v) is 2.34. The van der Waals surface area contributed by atoms with Crippen LogP contribution in [-0.4, -0.2) is 9.55 Å². The second kappa shape index (κ2) is 4.14. The first-order chi connectivity index (χ1) is 7.27. The number of hydrogen-bond acceptors (Lipinski definition) is 2. The van der Waals surface area contributed by atoms with E-state index >= 15 is 0 Å². The highest BCUT2D eigenvalue weighted by Crippen LogP contribution is 2.10. The van der Waals surface area contributed by atoms with Crippen LogP contribution in [0.5, 0.6) is 0 Å². The summed E-state index contributed by atoms with van der Waals surface area (Å²) in [7, 11) is 0. The Hall–Kier alpha value is -1.81. The van der Waals surface area contributed by atoms with Gasteiger partial charge in [-0.3, -0.25) is 4.57 Å². The van der Waals surface area contributed by atoms with Crippen LogP contribution in [-0.2, 0) is 6.54 Å². The number of aromatic nitrogens is 2. The minimum Gasteiger partial charge on any atom is -0.322 e. The fourth-order valence-electron chi connectivity index (χ4n) is 1.51. The molecule has 3 N–H and O–H groups in total. The molecule has 15 heavy (non-hydrogen) atoms. The van der Waals surface area contributed by atoms with Crippen molar-refractivity contribution in [1.29, 1.82) is 0 Å². The molecule has 0 aliphatic heterocycles. The molecule has 0 amide bonds. The van der Waals surface area contributed by atoms with E-state index in [-0.39, 0.29) is 11.7 Å². The molecule has 1 unspecified atom stereocenters. The van der Waals surface area contributed by atoms with Crippen molar-refractivity contribution in [2.24, 2.45) is 5.73 Å². The highest BCUT2D eigenvalue weighted by Gasteiger charge is 2.06. The van der Waals surface area contributed by atoms with Crippen LogP contribution in [0.2, 0.25) is 0 Å². The number of nitrogens with two attached hydrogens (primary N) is 1. The first-order valence-electron chi connectivity index (χ1n) is 4.82. The molecule has 0 radical (unpaired) electrons. The van der Waals surface area contributed by atoms with Crippen LogP contribution in [0.4, 0.5) is 0 Å². The molecule has 4 heteroatoms. The smallest absolute Gasteiger partial charge is 0.322 e. The van der Waals surface area contributed by atoms with E-state index in [2.05, 4.69) is 4.98 Å². The fourth-order valence-corrected chi connectivity index (χ4v) is 1.51. The maximum absolute atomic E-state index is 11.2. The molecule has 1 aromatic carbocycles. The number of rotatable bonds is 3. The molecule has 4 nitrogen and oxygen atoms in total. The van der Waals surface area contributed by atoms with Crippen LogP contribution in [0.1, 0.15) is 11.6 Å². The summed E-state index contributed by atoms with van der Waals surface area (Å²) in [5, 5.41) is 0. The van der Waals surface area contributed by atoms with E-state index in [0.29, 0.717) is 6.54 Å². The Kier molecular flexibility index (Phi) is 2.69. The zero-order valence-corrected chi connectivity index (χ0v) is 8.26. The van der Waals surface area contributed by atoms with Gasteiger partial charge >= 0.3 is 5.69 Å². The third-order valence-electron chi connectivity index (χ3n) is 2.34. The molecule has 0 saturated carbocycles. The van der Waals surface area contributed by atoms with Crippen LogP contribution < -0.4 is 11.4 Å². The maximum Gasteiger partial charge on any atom is 0.325 e. The van der Waals surface area contributed by atoms with Gasteiger partial charge in [-0.1, -0.05) is 30.3 Å². The molecule has 0 aliphatic rings. The van der Waals surface area contributed by atoms with E-state index < -0.39 is 0 Å². The number of nitrogens with one attached hydrogen (secondary N) is 1. The molecule has 0 aliphatic carbocycles. The summed E-state index contributed by atoms with van der Waals surface area (Å²) in [6.45, 7) is 0.492. The van der Waals surface area contributed by atoms with Crippen molar-refractivity contribution in [3.8, 4) is 0 Å². The van der Waals surface area contributed by atoms with Gasteiger partial charge in [-0.05, 0) is 5.56 Å². The van der Waals surface area contributed by atoms with E-state index in [4.69, 9.17) is 5.73 Å². The zero-order valence-electron chi connectivity index (χ0n) is 8.26. The van der Waals surface area contributed by atoms with Gasteiger partial charge in [-0.15, -0.1) is 0 Å². The number of imidazole rings is 1. The summed E-state index contributed by atoms with van der Waals surface area (Å²) in [6.07, 6.45) is 3.31. The van der Waals surface area contributed by atoms with Crippen LogP contribution in [0.3, 0.4) is 0 Å². The Morgan fingerprint density at radius 3 is 2.67 bits per heavy atom. The Bertz CT molecular complexity index is 472. The number of benzene rings is 1. The van der Waals surface area contributed by atoms with E-state index in [1.165, 1.54) is 0 Å². The summed E-state index contributed by atoms with van der Waals surface area (Å²) in [4.78, 5) is 13.8. The molecule has 0 bridgehead atoms. The Morgan fingerprint density at radius 2 is 2.07 bits per heavy atom. The summed E-state index contributed by atoms with van der Waals surface area (Å²) >= 11 is 0.